The van der Waals surface area contributed by atoms with Crippen molar-refractivity contribution < 1.29 is 9.59 Å². The van der Waals surface area contributed by atoms with E-state index in [1.165, 1.54) is 4.90 Å². The molecule has 1 N–H and O–H groups in total. The third-order valence-corrected chi connectivity index (χ3v) is 1.13. The minimum Gasteiger partial charge on any atom is -0.331 e. The zero-order valence-corrected chi connectivity index (χ0v) is 7.18. The van der Waals surface area contributed by atoms with Crippen LogP contribution in [0.15, 0.2) is 0 Å². The molecule has 0 spiro atoms. The molecule has 0 radical (unpaired) electrons. The second-order valence-corrected chi connectivity index (χ2v) is 2.50. The third-order valence-electron chi connectivity index (χ3n) is 1.13. The lowest BCUT2D eigenvalue weighted by molar-refractivity contribution is -0.120. The fourth-order valence-electron chi connectivity index (χ4n) is 0.521. The van der Waals surface area contributed by atoms with Crippen LogP contribution in [0.1, 0.15) is 19.8 Å². The largest absolute Gasteiger partial charge is 0.331 e. The topological polar surface area (TPSA) is 49.4 Å². The van der Waals surface area contributed by atoms with Gasteiger partial charge in [0.15, 0.2) is 0 Å². The predicted molar refractivity (Wildman–Crippen MR) is 42.1 cm³/mol. The summed E-state index contributed by atoms with van der Waals surface area (Å²) < 4.78 is 0. The second-order valence-electron chi connectivity index (χ2n) is 2.50. The van der Waals surface area contributed by atoms with Crippen LogP contribution < -0.4 is 5.32 Å². The van der Waals surface area contributed by atoms with Crippen molar-refractivity contribution in [1.29, 1.82) is 0 Å². The Kier molecular flexibility index (Phi) is 4.26. The van der Waals surface area contributed by atoms with E-state index in [4.69, 9.17) is 0 Å². The average Bonchev–Trinajstić information content (AvgIpc) is 1.87. The monoisotopic (exact) mass is 158 g/mol. The maximum absolute atomic E-state index is 10.8. The quantitative estimate of drug-likeness (QED) is 0.639. The summed E-state index contributed by atoms with van der Waals surface area (Å²) >= 11 is 0. The normalized spacial score (nSPS) is 9.00. The van der Waals surface area contributed by atoms with Crippen molar-refractivity contribution in [1.82, 2.24) is 10.2 Å². The van der Waals surface area contributed by atoms with Crippen molar-refractivity contribution >= 4 is 11.9 Å². The second kappa shape index (κ2) is 4.71. The molecule has 0 atom stereocenters. The van der Waals surface area contributed by atoms with Gasteiger partial charge < -0.3 is 4.90 Å². The molecule has 3 amide bonds. The van der Waals surface area contributed by atoms with Crippen LogP contribution >= 0.6 is 0 Å². The van der Waals surface area contributed by atoms with Crippen LogP contribution in [0.3, 0.4) is 0 Å². The van der Waals surface area contributed by atoms with Gasteiger partial charge in [0.25, 0.3) is 0 Å². The smallest absolute Gasteiger partial charge is 0.323 e. The van der Waals surface area contributed by atoms with Crippen molar-refractivity contribution in [3.8, 4) is 0 Å². The molecular weight excluding hydrogens is 144 g/mol. The van der Waals surface area contributed by atoms with E-state index in [1.807, 2.05) is 6.92 Å². The molecule has 0 aliphatic rings. The number of urea groups is 1. The van der Waals surface area contributed by atoms with Gasteiger partial charge in [0, 0.05) is 20.5 Å². The van der Waals surface area contributed by atoms with Crippen LogP contribution in [0, 0.1) is 0 Å². The molecule has 0 aromatic heterocycles. The van der Waals surface area contributed by atoms with Crippen molar-refractivity contribution in [2.75, 3.05) is 14.1 Å². The molecule has 0 aliphatic carbocycles. The Morgan fingerprint density at radius 1 is 1.36 bits per heavy atom. The van der Waals surface area contributed by atoms with Crippen LogP contribution in [0.25, 0.3) is 0 Å². The molecule has 64 valence electrons. The van der Waals surface area contributed by atoms with Crippen LogP contribution in [0.4, 0.5) is 4.79 Å². The minimum atomic E-state index is -0.358. The zero-order valence-electron chi connectivity index (χ0n) is 7.18. The summed E-state index contributed by atoms with van der Waals surface area (Å²) in [6, 6.07) is -0.358. The summed E-state index contributed by atoms with van der Waals surface area (Å²) in [6.45, 7) is 1.89. The van der Waals surface area contributed by atoms with Crippen molar-refractivity contribution in [2.24, 2.45) is 0 Å². The van der Waals surface area contributed by atoms with Gasteiger partial charge in [0.05, 0.1) is 0 Å². The molecule has 0 rings (SSSR count). The lowest BCUT2D eigenvalue weighted by atomic mass is 10.3. The zero-order chi connectivity index (χ0) is 8.85. The predicted octanol–water partition coefficient (Wildman–Crippen LogP) is 0.584. The van der Waals surface area contributed by atoms with Crippen LogP contribution in [0.2, 0.25) is 0 Å². The van der Waals surface area contributed by atoms with Gasteiger partial charge in [-0.25, -0.2) is 4.79 Å². The van der Waals surface area contributed by atoms with Gasteiger partial charge in [-0.1, -0.05) is 6.92 Å². The third kappa shape index (κ3) is 4.36. The molecule has 0 saturated carbocycles. The highest BCUT2D eigenvalue weighted by Gasteiger charge is 2.06. The molecule has 0 aromatic rings. The summed E-state index contributed by atoms with van der Waals surface area (Å²) in [6.07, 6.45) is 1.16. The van der Waals surface area contributed by atoms with Gasteiger partial charge in [0.2, 0.25) is 5.91 Å². The number of amides is 3. The number of nitrogens with zero attached hydrogens (tertiary/aromatic N) is 1. The van der Waals surface area contributed by atoms with E-state index >= 15 is 0 Å². The molecule has 11 heavy (non-hydrogen) atoms. The number of carbonyl (C=O) groups is 2. The van der Waals surface area contributed by atoms with E-state index in [0.717, 1.165) is 6.42 Å². The highest BCUT2D eigenvalue weighted by Crippen LogP contribution is 1.86. The molecule has 0 bridgehead atoms. The van der Waals surface area contributed by atoms with Gasteiger partial charge in [-0.05, 0) is 6.42 Å². The SMILES string of the molecule is CCCC(=O)NC(=O)N(C)C. The first-order valence-corrected chi connectivity index (χ1v) is 3.59. The van der Waals surface area contributed by atoms with Gasteiger partial charge in [-0.2, -0.15) is 0 Å². The molecule has 0 unspecified atom stereocenters. The number of hydrogen-bond donors (Lipinski definition) is 1. The number of hydrogen-bond acceptors (Lipinski definition) is 2. The Labute approximate surface area is 66.6 Å². The Hall–Kier alpha value is -1.06. The van der Waals surface area contributed by atoms with E-state index in [0.29, 0.717) is 6.42 Å². The molecule has 0 aromatic carbocycles. The standard InChI is InChI=1S/C7H14N2O2/c1-4-5-6(10)8-7(11)9(2)3/h4-5H2,1-3H3,(H,8,10,11). The van der Waals surface area contributed by atoms with E-state index in [2.05, 4.69) is 5.32 Å². The summed E-state index contributed by atoms with van der Waals surface area (Å²) in [5.41, 5.74) is 0. The fraction of sp³-hybridized carbons (Fsp3) is 0.714. The van der Waals surface area contributed by atoms with E-state index in [1.54, 1.807) is 14.1 Å². The van der Waals surface area contributed by atoms with Gasteiger partial charge in [0.1, 0.15) is 0 Å². The molecule has 4 heteroatoms. The van der Waals surface area contributed by atoms with Crippen LogP contribution in [0.5, 0.6) is 0 Å². The number of imide groups is 1. The lowest BCUT2D eigenvalue weighted by Crippen LogP contribution is -2.38. The molecule has 0 aliphatic heterocycles. The lowest BCUT2D eigenvalue weighted by Gasteiger charge is -2.09. The first-order chi connectivity index (χ1) is 5.07. The summed E-state index contributed by atoms with van der Waals surface area (Å²) in [7, 11) is 3.18. The minimum absolute atomic E-state index is 0.216. The number of rotatable bonds is 2. The molecular formula is C7H14N2O2. The highest BCUT2D eigenvalue weighted by molar-refractivity contribution is 5.93. The maximum Gasteiger partial charge on any atom is 0.323 e. The maximum atomic E-state index is 10.8. The summed E-state index contributed by atoms with van der Waals surface area (Å²) in [5.74, 6) is -0.216. The van der Waals surface area contributed by atoms with Gasteiger partial charge in [-0.15, -0.1) is 0 Å². The summed E-state index contributed by atoms with van der Waals surface area (Å²) in [5, 5.41) is 2.23. The van der Waals surface area contributed by atoms with Gasteiger partial charge >= 0.3 is 6.03 Å². The van der Waals surface area contributed by atoms with E-state index in [-0.39, 0.29) is 11.9 Å². The highest BCUT2D eigenvalue weighted by atomic mass is 16.2. The van der Waals surface area contributed by atoms with Crippen molar-refractivity contribution in [2.45, 2.75) is 19.8 Å². The molecule has 0 heterocycles. The number of carbonyl (C=O) groups excluding carboxylic acids is 2. The van der Waals surface area contributed by atoms with Crippen LogP contribution in [-0.4, -0.2) is 30.9 Å². The van der Waals surface area contributed by atoms with Gasteiger partial charge in [-0.3, -0.25) is 10.1 Å². The molecule has 0 saturated heterocycles. The molecule has 0 fully saturated rings. The molecule has 4 nitrogen and oxygen atoms in total. The Morgan fingerprint density at radius 2 is 1.91 bits per heavy atom. The summed E-state index contributed by atoms with van der Waals surface area (Å²) in [4.78, 5) is 22.9. The van der Waals surface area contributed by atoms with Crippen molar-refractivity contribution in [3.05, 3.63) is 0 Å². The fourth-order valence-corrected chi connectivity index (χ4v) is 0.521. The van der Waals surface area contributed by atoms with E-state index in [9.17, 15) is 9.59 Å². The van der Waals surface area contributed by atoms with Crippen molar-refractivity contribution in [3.63, 3.8) is 0 Å². The first-order valence-electron chi connectivity index (χ1n) is 3.59. The Bertz CT molecular complexity index is 155. The van der Waals surface area contributed by atoms with Crippen LogP contribution in [-0.2, 0) is 4.79 Å². The van der Waals surface area contributed by atoms with E-state index < -0.39 is 0 Å². The Morgan fingerprint density at radius 3 is 2.27 bits per heavy atom. The average molecular weight is 158 g/mol. The first kappa shape index (κ1) is 9.94. The Balaban J connectivity index is 3.67. The number of nitrogens with one attached hydrogen (secondary N) is 1.